The Morgan fingerprint density at radius 1 is 1.11 bits per heavy atom. The van der Waals surface area contributed by atoms with E-state index in [-0.39, 0.29) is 18.2 Å². The predicted octanol–water partition coefficient (Wildman–Crippen LogP) is 4.41. The van der Waals surface area contributed by atoms with Crippen LogP contribution in [-0.4, -0.2) is 22.7 Å². The third-order valence-electron chi connectivity index (χ3n) is 6.14. The van der Waals surface area contributed by atoms with Crippen LogP contribution in [0.25, 0.3) is 22.2 Å². The average Bonchev–Trinajstić information content (AvgIpc) is 2.86. The van der Waals surface area contributed by atoms with Crippen LogP contribution < -0.4 is 26.7 Å². The average molecular weight is 472 g/mol. The Morgan fingerprint density at radius 2 is 1.86 bits per heavy atom. The number of ether oxygens (including phenoxy) is 1. The van der Waals surface area contributed by atoms with E-state index in [1.807, 2.05) is 62.4 Å². The van der Waals surface area contributed by atoms with Gasteiger partial charge in [-0.3, -0.25) is 14.3 Å². The Hall–Kier alpha value is -4.17. The lowest BCUT2D eigenvalue weighted by Gasteiger charge is -2.29. The first-order chi connectivity index (χ1) is 16.8. The number of hydrogen-bond acceptors (Lipinski definition) is 5. The number of rotatable bonds is 6. The molecule has 0 aliphatic heterocycles. The highest BCUT2D eigenvalue weighted by Crippen LogP contribution is 2.41. The van der Waals surface area contributed by atoms with Crippen LogP contribution in [0.2, 0.25) is 0 Å². The first-order valence-electron chi connectivity index (χ1n) is 11.3. The first-order valence-corrected chi connectivity index (χ1v) is 11.3. The summed E-state index contributed by atoms with van der Waals surface area (Å²) < 4.78 is 6.88. The maximum Gasteiger partial charge on any atom is 0.324 e. The number of aryl methyl sites for hydroxylation is 1. The van der Waals surface area contributed by atoms with Crippen molar-refractivity contribution in [2.75, 3.05) is 12.0 Å². The molecule has 8 heteroatoms. The topological polar surface area (TPSA) is 116 Å². The number of pyridine rings is 2. The molecule has 2 heterocycles. The zero-order valence-corrected chi connectivity index (χ0v) is 20.3. The molecule has 0 aliphatic rings. The van der Waals surface area contributed by atoms with Gasteiger partial charge in [-0.25, -0.2) is 9.78 Å². The van der Waals surface area contributed by atoms with Gasteiger partial charge >= 0.3 is 6.03 Å². The van der Waals surface area contributed by atoms with Crippen LogP contribution in [0.1, 0.15) is 30.9 Å². The third-order valence-corrected chi connectivity index (χ3v) is 6.14. The fourth-order valence-electron chi connectivity index (χ4n) is 4.47. The fraction of sp³-hybridized carbons (Fsp3) is 0.222. The lowest BCUT2D eigenvalue weighted by molar-refractivity contribution is 0.256. The van der Waals surface area contributed by atoms with Crippen molar-refractivity contribution in [3.05, 3.63) is 82.3 Å². The summed E-state index contributed by atoms with van der Waals surface area (Å²) in [7, 11) is 3.21. The van der Waals surface area contributed by atoms with Crippen molar-refractivity contribution in [2.45, 2.75) is 26.3 Å². The molecule has 0 saturated heterocycles. The molecule has 0 saturated carbocycles. The summed E-state index contributed by atoms with van der Waals surface area (Å²) >= 11 is 0. The predicted molar refractivity (Wildman–Crippen MR) is 139 cm³/mol. The number of carbonyl (C=O) groups excluding carboxylic acids is 1. The van der Waals surface area contributed by atoms with Crippen molar-refractivity contribution in [3.8, 4) is 16.9 Å². The van der Waals surface area contributed by atoms with E-state index in [0.29, 0.717) is 39.2 Å². The molecular formula is C27H29N5O3. The smallest absolute Gasteiger partial charge is 0.324 e. The number of nitrogens with two attached hydrogens (primary N) is 2. The van der Waals surface area contributed by atoms with Gasteiger partial charge in [-0.2, -0.15) is 0 Å². The number of amides is 2. The Balaban J connectivity index is 2.22. The van der Waals surface area contributed by atoms with Crippen molar-refractivity contribution >= 4 is 28.4 Å². The van der Waals surface area contributed by atoms with E-state index in [1.165, 1.54) is 9.47 Å². The normalized spacial score (nSPS) is 11.1. The summed E-state index contributed by atoms with van der Waals surface area (Å²) in [5.74, 6) is 0.659. The van der Waals surface area contributed by atoms with Gasteiger partial charge in [0.2, 0.25) is 0 Å². The third kappa shape index (κ3) is 4.13. The number of anilines is 2. The maximum atomic E-state index is 13.9. The van der Waals surface area contributed by atoms with Crippen molar-refractivity contribution in [1.29, 1.82) is 0 Å². The number of carbonyl (C=O) groups is 1. The number of benzene rings is 2. The highest BCUT2D eigenvalue weighted by Gasteiger charge is 2.30. The molecule has 0 bridgehead atoms. The van der Waals surface area contributed by atoms with Gasteiger partial charge < -0.3 is 16.2 Å². The van der Waals surface area contributed by atoms with Crippen LogP contribution in [0.3, 0.4) is 0 Å². The summed E-state index contributed by atoms with van der Waals surface area (Å²) in [5.41, 5.74) is 15.6. The molecule has 4 aromatic rings. The number of nitrogens with zero attached hydrogens (tertiary/aromatic N) is 3. The number of fused-ring (bicyclic) bond motifs is 1. The molecule has 0 spiro atoms. The van der Waals surface area contributed by atoms with Gasteiger partial charge in [-0.1, -0.05) is 44.2 Å². The van der Waals surface area contributed by atoms with E-state index < -0.39 is 11.6 Å². The fourth-order valence-corrected chi connectivity index (χ4v) is 4.47. The molecule has 35 heavy (non-hydrogen) atoms. The van der Waals surface area contributed by atoms with Gasteiger partial charge in [0.25, 0.3) is 5.56 Å². The lowest BCUT2D eigenvalue weighted by atomic mass is 9.94. The first kappa shape index (κ1) is 24.0. The number of hydrogen-bond donors (Lipinski definition) is 2. The van der Waals surface area contributed by atoms with E-state index in [0.717, 1.165) is 5.56 Å². The molecule has 180 valence electrons. The van der Waals surface area contributed by atoms with Gasteiger partial charge in [-0.15, -0.1) is 0 Å². The Bertz CT molecular complexity index is 1480. The molecule has 2 amide bonds. The van der Waals surface area contributed by atoms with Crippen LogP contribution in [0.4, 0.5) is 16.2 Å². The van der Waals surface area contributed by atoms with E-state index in [9.17, 15) is 9.59 Å². The van der Waals surface area contributed by atoms with Gasteiger partial charge in [0.15, 0.2) is 0 Å². The van der Waals surface area contributed by atoms with E-state index in [4.69, 9.17) is 16.2 Å². The van der Waals surface area contributed by atoms with Crippen LogP contribution in [-0.2, 0) is 13.6 Å². The number of methoxy groups -OCH3 is 1. The zero-order chi connectivity index (χ0) is 25.3. The second kappa shape index (κ2) is 9.60. The van der Waals surface area contributed by atoms with Crippen LogP contribution >= 0.6 is 0 Å². The largest absolute Gasteiger partial charge is 0.497 e. The molecule has 2 aromatic heterocycles. The molecule has 0 fully saturated rings. The van der Waals surface area contributed by atoms with E-state index >= 15 is 0 Å². The van der Waals surface area contributed by atoms with Gasteiger partial charge in [0, 0.05) is 30.7 Å². The number of urea groups is 1. The maximum absolute atomic E-state index is 13.9. The minimum atomic E-state index is -0.780. The molecule has 0 atom stereocenters. The van der Waals surface area contributed by atoms with E-state index in [1.54, 1.807) is 26.4 Å². The Labute approximate surface area is 203 Å². The minimum absolute atomic E-state index is 0.0459. The Kier molecular flexibility index (Phi) is 6.57. The second-order valence-electron chi connectivity index (χ2n) is 8.58. The summed E-state index contributed by atoms with van der Waals surface area (Å²) in [6.45, 7) is 4.21. The van der Waals surface area contributed by atoms with Crippen molar-refractivity contribution in [1.82, 2.24) is 9.55 Å². The molecule has 0 aliphatic carbocycles. The lowest BCUT2D eigenvalue weighted by Crippen LogP contribution is -2.38. The Morgan fingerprint density at radius 3 is 2.51 bits per heavy atom. The molecule has 0 radical (unpaired) electrons. The SMILES string of the molecule is COc1cccc(-c2c(N(C(N)=O)c3c(CN)cccc3C(C)C)c(=O)n(C)c3ncccc23)c1. The van der Waals surface area contributed by atoms with Crippen LogP contribution in [0, 0.1) is 0 Å². The number of para-hydroxylation sites is 1. The summed E-state index contributed by atoms with van der Waals surface area (Å²) in [4.78, 5) is 32.9. The molecule has 4 rings (SSSR count). The molecule has 4 N–H and O–H groups in total. The van der Waals surface area contributed by atoms with E-state index in [2.05, 4.69) is 4.98 Å². The second-order valence-corrected chi connectivity index (χ2v) is 8.58. The van der Waals surface area contributed by atoms with Crippen molar-refractivity contribution < 1.29 is 9.53 Å². The minimum Gasteiger partial charge on any atom is -0.497 e. The zero-order valence-electron chi connectivity index (χ0n) is 20.3. The highest BCUT2D eigenvalue weighted by molar-refractivity contribution is 6.09. The highest BCUT2D eigenvalue weighted by atomic mass is 16.5. The van der Waals surface area contributed by atoms with Crippen LogP contribution in [0.15, 0.2) is 65.6 Å². The number of primary amides is 1. The summed E-state index contributed by atoms with van der Waals surface area (Å²) in [6.07, 6.45) is 1.63. The summed E-state index contributed by atoms with van der Waals surface area (Å²) in [6, 6.07) is 15.9. The standard InChI is InChI=1S/C27H29N5O3/c1-16(2)20-11-6-9-18(15-28)23(20)32(27(29)34)24-22(17-8-5-10-19(14-17)35-4)21-12-7-13-30-25(21)31(3)26(24)33/h5-14,16H,15,28H2,1-4H3,(H2,29,34). The van der Waals surface area contributed by atoms with Gasteiger partial charge in [0.1, 0.15) is 17.1 Å². The quantitative estimate of drug-likeness (QED) is 0.432. The van der Waals surface area contributed by atoms with Crippen molar-refractivity contribution in [3.63, 3.8) is 0 Å². The molecule has 2 aromatic carbocycles. The van der Waals surface area contributed by atoms with Crippen molar-refractivity contribution in [2.24, 2.45) is 18.5 Å². The monoisotopic (exact) mass is 471 g/mol. The van der Waals surface area contributed by atoms with Gasteiger partial charge in [-0.05, 0) is 46.9 Å². The molecule has 8 nitrogen and oxygen atoms in total. The molecular weight excluding hydrogens is 442 g/mol. The summed E-state index contributed by atoms with van der Waals surface area (Å²) in [5, 5.41) is 0.695. The van der Waals surface area contributed by atoms with Crippen LogP contribution in [0.5, 0.6) is 5.75 Å². The van der Waals surface area contributed by atoms with Gasteiger partial charge in [0.05, 0.1) is 12.8 Å². The number of aromatic nitrogens is 2. The molecule has 0 unspecified atom stereocenters.